The zero-order valence-electron chi connectivity index (χ0n) is 13.5. The first-order chi connectivity index (χ1) is 12.1. The Morgan fingerprint density at radius 3 is 2.88 bits per heavy atom. The van der Waals surface area contributed by atoms with Crippen LogP contribution in [0, 0.1) is 11.3 Å². The molecule has 2 N–H and O–H groups in total. The van der Waals surface area contributed by atoms with Crippen LogP contribution in [-0.2, 0) is 4.74 Å². The third kappa shape index (κ3) is 3.54. The van der Waals surface area contributed by atoms with Gasteiger partial charge in [-0.15, -0.1) is 0 Å². The number of carboxylic acid groups (broad SMARTS) is 1. The smallest absolute Gasteiger partial charge is 0.339 e. The molecule has 1 aliphatic rings. The second-order valence-corrected chi connectivity index (χ2v) is 5.69. The molecule has 0 aliphatic carbocycles. The predicted octanol–water partition coefficient (Wildman–Crippen LogP) is 2.25. The summed E-state index contributed by atoms with van der Waals surface area (Å²) in [4.78, 5) is 17.3. The highest BCUT2D eigenvalue weighted by Gasteiger charge is 2.16. The van der Waals surface area contributed by atoms with Crippen LogP contribution in [0.15, 0.2) is 30.5 Å². The summed E-state index contributed by atoms with van der Waals surface area (Å²) >= 11 is 0. The lowest BCUT2D eigenvalue weighted by molar-refractivity contribution is 0.0693. The minimum Gasteiger partial charge on any atom is -0.505 e. The Bertz CT molecular complexity index is 837. The maximum absolute atomic E-state index is 11.2. The second-order valence-electron chi connectivity index (χ2n) is 5.69. The Morgan fingerprint density at radius 2 is 2.12 bits per heavy atom. The summed E-state index contributed by atoms with van der Waals surface area (Å²) < 4.78 is 5.45. The lowest BCUT2D eigenvalue weighted by Crippen LogP contribution is -2.26. The summed E-state index contributed by atoms with van der Waals surface area (Å²) in [7, 11) is 0. The number of benzene rings is 1. The molecule has 1 fully saturated rings. The van der Waals surface area contributed by atoms with Crippen molar-refractivity contribution in [1.82, 2.24) is 4.98 Å². The van der Waals surface area contributed by atoms with Gasteiger partial charge in [0.15, 0.2) is 0 Å². The molecule has 7 heteroatoms. The number of ether oxygens (including phenoxy) is 1. The normalized spacial score (nSPS) is 14.6. The quantitative estimate of drug-likeness (QED) is 0.883. The van der Waals surface area contributed by atoms with E-state index in [1.165, 1.54) is 6.07 Å². The average molecular weight is 339 g/mol. The summed E-state index contributed by atoms with van der Waals surface area (Å²) in [5.74, 6) is -1.62. The van der Waals surface area contributed by atoms with E-state index in [-0.39, 0.29) is 5.56 Å². The van der Waals surface area contributed by atoms with Gasteiger partial charge in [-0.2, -0.15) is 5.26 Å². The summed E-state index contributed by atoms with van der Waals surface area (Å²) in [5.41, 5.74) is 2.10. The van der Waals surface area contributed by atoms with Crippen molar-refractivity contribution >= 4 is 11.7 Å². The molecule has 0 spiro atoms. The number of carbonyl (C=O) groups is 1. The fraction of sp³-hybridized carbons (Fsp3) is 0.278. The molecular weight excluding hydrogens is 322 g/mol. The van der Waals surface area contributed by atoms with Crippen molar-refractivity contribution in [3.05, 3.63) is 41.6 Å². The maximum Gasteiger partial charge on any atom is 0.339 e. The van der Waals surface area contributed by atoms with Crippen molar-refractivity contribution in [2.45, 2.75) is 6.42 Å². The first-order valence-corrected chi connectivity index (χ1v) is 7.89. The van der Waals surface area contributed by atoms with E-state index in [4.69, 9.17) is 9.84 Å². The van der Waals surface area contributed by atoms with Gasteiger partial charge in [0.1, 0.15) is 17.4 Å². The molecule has 25 heavy (non-hydrogen) atoms. The van der Waals surface area contributed by atoms with Gasteiger partial charge in [-0.05, 0) is 24.6 Å². The predicted molar refractivity (Wildman–Crippen MR) is 90.7 cm³/mol. The highest BCUT2D eigenvalue weighted by atomic mass is 16.5. The Hall–Kier alpha value is -3.11. The minimum atomic E-state index is -1.23. The van der Waals surface area contributed by atoms with Crippen LogP contribution in [0.5, 0.6) is 5.75 Å². The molecule has 3 rings (SSSR count). The zero-order valence-corrected chi connectivity index (χ0v) is 13.5. The Labute approximate surface area is 144 Å². The number of hydrogen-bond donors (Lipinski definition) is 2. The van der Waals surface area contributed by atoms with Gasteiger partial charge < -0.3 is 19.8 Å². The van der Waals surface area contributed by atoms with Crippen molar-refractivity contribution in [3.63, 3.8) is 0 Å². The van der Waals surface area contributed by atoms with E-state index in [1.54, 1.807) is 12.1 Å². The summed E-state index contributed by atoms with van der Waals surface area (Å²) in [6.45, 7) is 2.86. The topological polar surface area (TPSA) is 107 Å². The second kappa shape index (κ2) is 7.20. The number of aromatic nitrogens is 1. The number of rotatable bonds is 3. The number of aromatic hydroxyl groups is 1. The SMILES string of the molecule is N#Cc1cc(-c2cc(C(=O)O)c(O)cn2)ccc1N1CCCOCC1. The molecule has 128 valence electrons. The highest BCUT2D eigenvalue weighted by molar-refractivity contribution is 5.92. The van der Waals surface area contributed by atoms with Crippen molar-refractivity contribution in [2.24, 2.45) is 0 Å². The lowest BCUT2D eigenvalue weighted by Gasteiger charge is -2.23. The van der Waals surface area contributed by atoms with Crippen LogP contribution in [-0.4, -0.2) is 47.5 Å². The standard InChI is InChI=1S/C18H17N3O4/c19-10-13-8-12(15-9-14(18(23)24)17(22)11-20-15)2-3-16(13)21-4-1-6-25-7-5-21/h2-3,8-9,11,22H,1,4-7H2,(H,23,24). The number of pyridine rings is 1. The highest BCUT2D eigenvalue weighted by Crippen LogP contribution is 2.29. The summed E-state index contributed by atoms with van der Waals surface area (Å²) in [6.07, 6.45) is 2.00. The number of carboxylic acids is 1. The molecule has 7 nitrogen and oxygen atoms in total. The van der Waals surface area contributed by atoms with Gasteiger partial charge in [0.2, 0.25) is 0 Å². The summed E-state index contributed by atoms with van der Waals surface area (Å²) in [5, 5.41) is 28.2. The largest absolute Gasteiger partial charge is 0.505 e. The maximum atomic E-state index is 11.2. The molecule has 1 aliphatic heterocycles. The van der Waals surface area contributed by atoms with Gasteiger partial charge >= 0.3 is 5.97 Å². The number of anilines is 1. The van der Waals surface area contributed by atoms with Gasteiger partial charge in [-0.25, -0.2) is 4.79 Å². The van der Waals surface area contributed by atoms with Crippen molar-refractivity contribution in [3.8, 4) is 23.1 Å². The fourth-order valence-corrected chi connectivity index (χ4v) is 2.82. The van der Waals surface area contributed by atoms with Gasteiger partial charge in [0.05, 0.1) is 29.7 Å². The van der Waals surface area contributed by atoms with Gasteiger partial charge in [0, 0.05) is 25.3 Å². The molecule has 0 saturated carbocycles. The molecule has 0 radical (unpaired) electrons. The number of nitrogens with zero attached hydrogens (tertiary/aromatic N) is 3. The Balaban J connectivity index is 1.98. The third-order valence-corrected chi connectivity index (χ3v) is 4.09. The van der Waals surface area contributed by atoms with E-state index in [9.17, 15) is 15.2 Å². The van der Waals surface area contributed by atoms with Crippen molar-refractivity contribution < 1.29 is 19.7 Å². The first-order valence-electron chi connectivity index (χ1n) is 7.89. The van der Waals surface area contributed by atoms with Crippen LogP contribution in [0.1, 0.15) is 22.3 Å². The number of aromatic carboxylic acids is 1. The van der Waals surface area contributed by atoms with E-state index in [2.05, 4.69) is 16.0 Å². The summed E-state index contributed by atoms with van der Waals surface area (Å²) in [6, 6.07) is 8.82. The monoisotopic (exact) mass is 339 g/mol. The van der Waals surface area contributed by atoms with Crippen molar-refractivity contribution in [1.29, 1.82) is 5.26 Å². The van der Waals surface area contributed by atoms with E-state index in [1.807, 2.05) is 6.07 Å². The van der Waals surface area contributed by atoms with Crippen molar-refractivity contribution in [2.75, 3.05) is 31.2 Å². The molecule has 2 heterocycles. The average Bonchev–Trinajstić information content (AvgIpc) is 2.90. The Kier molecular flexibility index (Phi) is 4.82. The third-order valence-electron chi connectivity index (χ3n) is 4.09. The molecule has 1 saturated heterocycles. The number of nitriles is 1. The molecule has 2 aromatic rings. The molecular formula is C18H17N3O4. The zero-order chi connectivity index (χ0) is 17.8. The molecule has 0 amide bonds. The van der Waals surface area contributed by atoms with Gasteiger partial charge in [-0.1, -0.05) is 6.07 Å². The van der Waals surface area contributed by atoms with E-state index >= 15 is 0 Å². The number of hydrogen-bond acceptors (Lipinski definition) is 6. The van der Waals surface area contributed by atoms with E-state index < -0.39 is 11.7 Å². The van der Waals surface area contributed by atoms with Crippen LogP contribution in [0.4, 0.5) is 5.69 Å². The van der Waals surface area contributed by atoms with Crippen LogP contribution in [0.3, 0.4) is 0 Å². The minimum absolute atomic E-state index is 0.225. The molecule has 1 aromatic carbocycles. The lowest BCUT2D eigenvalue weighted by atomic mass is 10.0. The molecule has 0 bridgehead atoms. The fourth-order valence-electron chi connectivity index (χ4n) is 2.82. The molecule has 1 aromatic heterocycles. The van der Waals surface area contributed by atoms with Crippen LogP contribution in [0.25, 0.3) is 11.3 Å². The van der Waals surface area contributed by atoms with Gasteiger partial charge in [0.25, 0.3) is 0 Å². The van der Waals surface area contributed by atoms with Crippen LogP contribution >= 0.6 is 0 Å². The molecule has 0 atom stereocenters. The first kappa shape index (κ1) is 16.7. The van der Waals surface area contributed by atoms with Gasteiger partial charge in [-0.3, -0.25) is 4.98 Å². The van der Waals surface area contributed by atoms with Crippen LogP contribution in [0.2, 0.25) is 0 Å². The molecule has 0 unspecified atom stereocenters. The van der Waals surface area contributed by atoms with E-state index in [0.717, 1.165) is 24.8 Å². The Morgan fingerprint density at radius 1 is 1.28 bits per heavy atom. The van der Waals surface area contributed by atoms with Crippen LogP contribution < -0.4 is 4.90 Å². The van der Waals surface area contributed by atoms with E-state index in [0.29, 0.717) is 36.6 Å².